The topological polar surface area (TPSA) is 91.6 Å². The van der Waals surface area contributed by atoms with E-state index in [2.05, 4.69) is 38.3 Å². The van der Waals surface area contributed by atoms with Gasteiger partial charge in [-0.15, -0.1) is 0 Å². The van der Waals surface area contributed by atoms with Gasteiger partial charge in [-0.25, -0.2) is 23.1 Å². The summed E-state index contributed by atoms with van der Waals surface area (Å²) in [6, 6.07) is 7.21. The molecule has 8 nitrogen and oxygen atoms in total. The molecule has 1 fully saturated rings. The second-order valence-electron chi connectivity index (χ2n) is 7.31. The van der Waals surface area contributed by atoms with E-state index in [1.54, 1.807) is 12.1 Å². The van der Waals surface area contributed by atoms with E-state index >= 15 is 0 Å². The number of benzene rings is 1. The minimum Gasteiger partial charge on any atom is -0.357 e. The van der Waals surface area contributed by atoms with Crippen LogP contribution in [0.2, 0.25) is 0 Å². The van der Waals surface area contributed by atoms with Crippen molar-refractivity contribution in [3.05, 3.63) is 48.5 Å². The van der Waals surface area contributed by atoms with Crippen LogP contribution in [0.4, 0.5) is 0 Å². The first-order valence-electron chi connectivity index (χ1n) is 9.97. The van der Waals surface area contributed by atoms with Crippen LogP contribution in [0.15, 0.2) is 52.9 Å². The molecule has 1 aromatic heterocycles. The van der Waals surface area contributed by atoms with Gasteiger partial charge in [0.2, 0.25) is 10.0 Å². The normalized spacial score (nSPS) is 20.7. The van der Waals surface area contributed by atoms with Crippen molar-refractivity contribution in [1.29, 1.82) is 0 Å². The highest BCUT2D eigenvalue weighted by Gasteiger charge is 2.28. The van der Waals surface area contributed by atoms with Gasteiger partial charge in [-0.05, 0) is 44.0 Å². The monoisotopic (exact) mass is 418 g/mol. The molecule has 1 aromatic carbocycles. The zero-order valence-electron chi connectivity index (χ0n) is 17.2. The minimum atomic E-state index is -3.42. The molecule has 2 unspecified atom stereocenters. The van der Waals surface area contributed by atoms with E-state index in [-0.39, 0.29) is 4.90 Å². The zero-order chi connectivity index (χ0) is 20.9. The first kappa shape index (κ1) is 21.3. The SMILES string of the molecule is CCNC(=NCc1ccc(S(=O)(=O)NC)cc1)N1CCC(C)C(n2ccnc2)C1. The molecule has 29 heavy (non-hydrogen) atoms. The first-order valence-corrected chi connectivity index (χ1v) is 11.5. The van der Waals surface area contributed by atoms with Crippen molar-refractivity contribution in [2.75, 3.05) is 26.7 Å². The summed E-state index contributed by atoms with van der Waals surface area (Å²) >= 11 is 0. The van der Waals surface area contributed by atoms with Crippen LogP contribution in [-0.4, -0.2) is 55.5 Å². The number of guanidine groups is 1. The quantitative estimate of drug-likeness (QED) is 0.552. The Labute approximate surface area is 173 Å². The number of sulfonamides is 1. The Balaban J connectivity index is 1.73. The summed E-state index contributed by atoms with van der Waals surface area (Å²) in [4.78, 5) is 11.6. The summed E-state index contributed by atoms with van der Waals surface area (Å²) in [7, 11) is -2.01. The number of piperidine rings is 1. The Morgan fingerprint density at radius 2 is 2.07 bits per heavy atom. The first-order chi connectivity index (χ1) is 13.9. The minimum absolute atomic E-state index is 0.257. The molecule has 0 aliphatic carbocycles. The molecule has 0 saturated carbocycles. The number of hydrogen-bond donors (Lipinski definition) is 2. The lowest BCUT2D eigenvalue weighted by Gasteiger charge is -2.39. The zero-order valence-corrected chi connectivity index (χ0v) is 18.1. The van der Waals surface area contributed by atoms with Crippen LogP contribution >= 0.6 is 0 Å². The fourth-order valence-corrected chi connectivity index (χ4v) is 4.31. The number of rotatable bonds is 6. The summed E-state index contributed by atoms with van der Waals surface area (Å²) < 4.78 is 28.2. The standard InChI is InChI=1S/C20H30N6O2S/c1-4-23-20(24-13-17-5-7-18(8-6-17)29(27,28)21-3)25-11-9-16(2)19(14-25)26-12-10-22-15-26/h5-8,10,12,15-16,19,21H,4,9,11,13-14H2,1-3H3,(H,23,24). The predicted octanol–water partition coefficient (Wildman–Crippen LogP) is 1.84. The highest BCUT2D eigenvalue weighted by Crippen LogP contribution is 2.27. The third kappa shape index (κ3) is 5.16. The number of aromatic nitrogens is 2. The molecule has 0 spiro atoms. The molecule has 9 heteroatoms. The highest BCUT2D eigenvalue weighted by molar-refractivity contribution is 7.89. The summed E-state index contributed by atoms with van der Waals surface area (Å²) in [6.45, 7) is 7.46. The van der Waals surface area contributed by atoms with Gasteiger partial charge < -0.3 is 14.8 Å². The second kappa shape index (κ2) is 9.41. The molecule has 0 bridgehead atoms. The lowest BCUT2D eigenvalue weighted by atomic mass is 9.93. The Morgan fingerprint density at radius 3 is 2.69 bits per heavy atom. The number of hydrogen-bond acceptors (Lipinski definition) is 4. The van der Waals surface area contributed by atoms with Crippen LogP contribution < -0.4 is 10.0 Å². The van der Waals surface area contributed by atoms with E-state index in [1.165, 1.54) is 7.05 Å². The molecule has 2 N–H and O–H groups in total. The maximum atomic E-state index is 11.9. The highest BCUT2D eigenvalue weighted by atomic mass is 32.2. The molecule has 0 radical (unpaired) electrons. The average Bonchev–Trinajstić information content (AvgIpc) is 3.26. The van der Waals surface area contributed by atoms with E-state index in [0.717, 1.165) is 37.6 Å². The number of likely N-dealkylation sites (tertiary alicyclic amines) is 1. The number of aliphatic imine (C=N–C) groups is 1. The lowest BCUT2D eigenvalue weighted by molar-refractivity contribution is 0.189. The van der Waals surface area contributed by atoms with Gasteiger partial charge in [0.15, 0.2) is 5.96 Å². The number of nitrogens with one attached hydrogen (secondary N) is 2. The maximum absolute atomic E-state index is 11.9. The van der Waals surface area contributed by atoms with E-state index in [4.69, 9.17) is 4.99 Å². The fourth-order valence-electron chi connectivity index (χ4n) is 3.58. The van der Waals surface area contributed by atoms with Crippen molar-refractivity contribution in [1.82, 2.24) is 24.5 Å². The van der Waals surface area contributed by atoms with Crippen molar-refractivity contribution in [3.8, 4) is 0 Å². The van der Waals surface area contributed by atoms with Crippen LogP contribution in [-0.2, 0) is 16.6 Å². The largest absolute Gasteiger partial charge is 0.357 e. The Bertz CT molecular complexity index is 909. The third-order valence-electron chi connectivity index (χ3n) is 5.37. The van der Waals surface area contributed by atoms with Gasteiger partial charge in [0.05, 0.1) is 23.8 Å². The van der Waals surface area contributed by atoms with Gasteiger partial charge in [0, 0.05) is 32.0 Å². The van der Waals surface area contributed by atoms with Crippen LogP contribution in [0.25, 0.3) is 0 Å². The fraction of sp³-hybridized carbons (Fsp3) is 0.500. The van der Waals surface area contributed by atoms with Crippen LogP contribution in [0, 0.1) is 5.92 Å². The van der Waals surface area contributed by atoms with Gasteiger partial charge in [0.1, 0.15) is 0 Å². The van der Waals surface area contributed by atoms with Gasteiger partial charge in [-0.2, -0.15) is 0 Å². The Morgan fingerprint density at radius 1 is 1.31 bits per heavy atom. The predicted molar refractivity (Wildman–Crippen MR) is 114 cm³/mol. The summed E-state index contributed by atoms with van der Waals surface area (Å²) in [5, 5.41) is 3.39. The van der Waals surface area contributed by atoms with Crippen LogP contribution in [0.1, 0.15) is 31.9 Å². The molecule has 2 heterocycles. The van der Waals surface area contributed by atoms with Gasteiger partial charge in [-0.1, -0.05) is 19.1 Å². The van der Waals surface area contributed by atoms with Crippen molar-refractivity contribution >= 4 is 16.0 Å². The van der Waals surface area contributed by atoms with Crippen molar-refractivity contribution in [2.24, 2.45) is 10.9 Å². The van der Waals surface area contributed by atoms with Gasteiger partial charge in [0.25, 0.3) is 0 Å². The van der Waals surface area contributed by atoms with E-state index in [1.807, 2.05) is 30.9 Å². The summed E-state index contributed by atoms with van der Waals surface area (Å²) in [6.07, 6.45) is 6.82. The van der Waals surface area contributed by atoms with E-state index in [0.29, 0.717) is 18.5 Å². The van der Waals surface area contributed by atoms with Crippen molar-refractivity contribution in [2.45, 2.75) is 37.8 Å². The molecule has 0 amide bonds. The maximum Gasteiger partial charge on any atom is 0.240 e. The second-order valence-corrected chi connectivity index (χ2v) is 9.20. The molecule has 158 valence electrons. The number of imidazole rings is 1. The molecule has 1 aliphatic heterocycles. The molecule has 2 atom stereocenters. The molecule has 2 aromatic rings. The average molecular weight is 419 g/mol. The van der Waals surface area contributed by atoms with Crippen molar-refractivity contribution in [3.63, 3.8) is 0 Å². The van der Waals surface area contributed by atoms with Crippen LogP contribution in [0.5, 0.6) is 0 Å². The van der Waals surface area contributed by atoms with E-state index < -0.39 is 10.0 Å². The summed E-state index contributed by atoms with van der Waals surface area (Å²) in [5.41, 5.74) is 0.965. The Kier molecular flexibility index (Phi) is 6.92. The molecular formula is C20H30N6O2S. The number of nitrogens with zero attached hydrogens (tertiary/aromatic N) is 4. The molecule has 3 rings (SSSR count). The van der Waals surface area contributed by atoms with Gasteiger partial charge >= 0.3 is 0 Å². The third-order valence-corrected chi connectivity index (χ3v) is 6.80. The van der Waals surface area contributed by atoms with E-state index in [9.17, 15) is 8.42 Å². The van der Waals surface area contributed by atoms with Crippen LogP contribution in [0.3, 0.4) is 0 Å². The molecule has 1 saturated heterocycles. The molecule has 1 aliphatic rings. The van der Waals surface area contributed by atoms with Gasteiger partial charge in [-0.3, -0.25) is 0 Å². The Hall–Kier alpha value is -2.39. The molecular weight excluding hydrogens is 388 g/mol. The lowest BCUT2D eigenvalue weighted by Crippen LogP contribution is -2.49. The summed E-state index contributed by atoms with van der Waals surface area (Å²) in [5.74, 6) is 1.46. The van der Waals surface area contributed by atoms with Crippen molar-refractivity contribution < 1.29 is 8.42 Å². The smallest absolute Gasteiger partial charge is 0.240 e.